The zero-order valence-electron chi connectivity index (χ0n) is 18.1. The Hall–Kier alpha value is -3.86. The first-order valence-electron chi connectivity index (χ1n) is 10.7. The fourth-order valence-electron chi connectivity index (χ4n) is 3.97. The van der Waals surface area contributed by atoms with E-state index in [4.69, 9.17) is 4.74 Å². The number of ether oxygens (including phenoxy) is 1. The van der Waals surface area contributed by atoms with Gasteiger partial charge in [-0.1, -0.05) is 67.6 Å². The summed E-state index contributed by atoms with van der Waals surface area (Å²) in [6.07, 6.45) is 0.853. The van der Waals surface area contributed by atoms with Crippen LogP contribution in [0.4, 0.5) is 5.69 Å². The molecule has 1 heterocycles. The first kappa shape index (κ1) is 21.4. The maximum Gasteiger partial charge on any atom is 0.300 e. The lowest BCUT2D eigenvalue weighted by Gasteiger charge is -2.26. The van der Waals surface area contributed by atoms with Gasteiger partial charge in [0.05, 0.1) is 18.2 Å². The van der Waals surface area contributed by atoms with Crippen LogP contribution >= 0.6 is 0 Å². The van der Waals surface area contributed by atoms with Crippen molar-refractivity contribution in [1.29, 1.82) is 0 Å². The average Bonchev–Trinajstić information content (AvgIpc) is 3.08. The number of aryl methyl sites for hydroxylation is 1. The lowest BCUT2D eigenvalue weighted by molar-refractivity contribution is -0.132. The third-order valence-corrected chi connectivity index (χ3v) is 5.52. The summed E-state index contributed by atoms with van der Waals surface area (Å²) >= 11 is 0. The smallest absolute Gasteiger partial charge is 0.300 e. The Bertz CT molecular complexity index is 1180. The molecule has 0 aromatic heterocycles. The third-order valence-electron chi connectivity index (χ3n) is 5.52. The number of nitrogens with zero attached hydrogens (tertiary/aromatic N) is 1. The van der Waals surface area contributed by atoms with Gasteiger partial charge in [-0.05, 0) is 42.7 Å². The van der Waals surface area contributed by atoms with Gasteiger partial charge in [-0.25, -0.2) is 0 Å². The van der Waals surface area contributed by atoms with Crippen LogP contribution in [0, 0.1) is 6.92 Å². The lowest BCUT2D eigenvalue weighted by Crippen LogP contribution is -2.30. The van der Waals surface area contributed by atoms with E-state index in [0.29, 0.717) is 23.6 Å². The second-order valence-electron chi connectivity index (χ2n) is 7.74. The number of aliphatic hydroxyl groups is 1. The molecule has 0 spiro atoms. The highest BCUT2D eigenvalue weighted by Crippen LogP contribution is 2.43. The molecule has 0 saturated carbocycles. The molecule has 4 rings (SSSR count). The zero-order valence-corrected chi connectivity index (χ0v) is 18.1. The monoisotopic (exact) mass is 427 g/mol. The fraction of sp³-hybridized carbons (Fsp3) is 0.185. The summed E-state index contributed by atoms with van der Waals surface area (Å²) in [4.78, 5) is 27.9. The van der Waals surface area contributed by atoms with E-state index < -0.39 is 17.7 Å². The van der Waals surface area contributed by atoms with Crippen LogP contribution in [0.15, 0.2) is 84.4 Å². The average molecular weight is 428 g/mol. The molecule has 1 fully saturated rings. The standard InChI is InChI=1S/C27H25NO4/c1-3-16-32-21-14-9-13-20(17-21)25(29)23-24(19-11-5-4-6-12-19)28(27(31)26(23)30)22-15-8-7-10-18(22)2/h4-15,17,24,29H,3,16H2,1-2H3/b25-23-. The van der Waals surface area contributed by atoms with E-state index in [9.17, 15) is 14.7 Å². The fourth-order valence-corrected chi connectivity index (χ4v) is 3.97. The minimum atomic E-state index is -0.738. The molecule has 32 heavy (non-hydrogen) atoms. The van der Waals surface area contributed by atoms with Gasteiger partial charge in [-0.15, -0.1) is 0 Å². The molecule has 162 valence electrons. The second kappa shape index (κ2) is 9.10. The highest BCUT2D eigenvalue weighted by atomic mass is 16.5. The quantitative estimate of drug-likeness (QED) is 0.324. The summed E-state index contributed by atoms with van der Waals surface area (Å²) in [6.45, 7) is 4.45. The first-order valence-corrected chi connectivity index (χ1v) is 10.7. The van der Waals surface area contributed by atoms with Gasteiger partial charge in [0.1, 0.15) is 11.5 Å². The Morgan fingerprint density at radius 3 is 2.41 bits per heavy atom. The zero-order chi connectivity index (χ0) is 22.7. The van der Waals surface area contributed by atoms with Gasteiger partial charge in [-0.3, -0.25) is 14.5 Å². The SMILES string of the molecule is CCCOc1cccc(/C(O)=C2/C(=O)C(=O)N(c3ccccc3C)C2c2ccccc2)c1. The predicted octanol–water partition coefficient (Wildman–Crippen LogP) is 5.41. The summed E-state index contributed by atoms with van der Waals surface area (Å²) in [6, 6.07) is 22.9. The molecule has 1 atom stereocenters. The number of carbonyl (C=O) groups is 2. The number of Topliss-reactive ketones (excluding diaryl/α,β-unsaturated/α-hetero) is 1. The number of amides is 1. The van der Waals surface area contributed by atoms with Gasteiger partial charge in [0.15, 0.2) is 0 Å². The lowest BCUT2D eigenvalue weighted by atomic mass is 9.95. The topological polar surface area (TPSA) is 66.8 Å². The van der Waals surface area contributed by atoms with Gasteiger partial charge >= 0.3 is 0 Å². The molecule has 1 unspecified atom stereocenters. The van der Waals surface area contributed by atoms with E-state index in [2.05, 4.69) is 0 Å². The van der Waals surface area contributed by atoms with Crippen LogP contribution in [-0.4, -0.2) is 23.4 Å². The minimum Gasteiger partial charge on any atom is -0.507 e. The van der Waals surface area contributed by atoms with Crippen LogP contribution in [-0.2, 0) is 9.59 Å². The van der Waals surface area contributed by atoms with Gasteiger partial charge in [0, 0.05) is 11.3 Å². The van der Waals surface area contributed by atoms with Crippen molar-refractivity contribution in [3.8, 4) is 5.75 Å². The van der Waals surface area contributed by atoms with Crippen molar-refractivity contribution in [2.75, 3.05) is 11.5 Å². The molecule has 3 aromatic carbocycles. The highest BCUT2D eigenvalue weighted by molar-refractivity contribution is 6.51. The van der Waals surface area contributed by atoms with Crippen LogP contribution in [0.5, 0.6) is 5.75 Å². The van der Waals surface area contributed by atoms with E-state index in [-0.39, 0.29) is 11.3 Å². The molecule has 1 N–H and O–H groups in total. The van der Waals surface area contributed by atoms with Gasteiger partial charge in [0.25, 0.3) is 11.7 Å². The van der Waals surface area contributed by atoms with Crippen molar-refractivity contribution < 1.29 is 19.4 Å². The Balaban J connectivity index is 1.89. The highest BCUT2D eigenvalue weighted by Gasteiger charge is 2.47. The molecular formula is C27H25NO4. The summed E-state index contributed by atoms with van der Waals surface area (Å²) in [5.41, 5.74) is 2.75. The Morgan fingerprint density at radius 1 is 0.969 bits per heavy atom. The number of carbonyl (C=O) groups excluding carboxylic acids is 2. The predicted molar refractivity (Wildman–Crippen MR) is 125 cm³/mol. The van der Waals surface area contributed by atoms with Crippen molar-refractivity contribution >= 4 is 23.1 Å². The number of anilines is 1. The van der Waals surface area contributed by atoms with Crippen LogP contribution in [0.1, 0.15) is 36.1 Å². The first-order chi connectivity index (χ1) is 15.5. The Morgan fingerprint density at radius 2 is 1.69 bits per heavy atom. The van der Waals surface area contributed by atoms with Crippen molar-refractivity contribution in [3.05, 3.63) is 101 Å². The van der Waals surface area contributed by atoms with Gasteiger partial charge in [-0.2, -0.15) is 0 Å². The number of aliphatic hydroxyl groups excluding tert-OH is 1. The third kappa shape index (κ3) is 3.89. The number of rotatable bonds is 6. The van der Waals surface area contributed by atoms with Crippen LogP contribution in [0.3, 0.4) is 0 Å². The summed E-state index contributed by atoms with van der Waals surface area (Å²) in [5.74, 6) is -0.983. The van der Waals surface area contributed by atoms with Gasteiger partial charge in [0.2, 0.25) is 0 Å². The second-order valence-corrected chi connectivity index (χ2v) is 7.74. The Labute approximate surface area is 187 Å². The molecule has 1 aliphatic rings. The summed E-state index contributed by atoms with van der Waals surface area (Å²) in [5, 5.41) is 11.2. The van der Waals surface area contributed by atoms with E-state index in [1.54, 1.807) is 24.3 Å². The van der Waals surface area contributed by atoms with Crippen molar-refractivity contribution in [1.82, 2.24) is 0 Å². The molecule has 3 aromatic rings. The normalized spacial score (nSPS) is 17.6. The van der Waals surface area contributed by atoms with Crippen molar-refractivity contribution in [3.63, 3.8) is 0 Å². The number of hydrogen-bond acceptors (Lipinski definition) is 4. The van der Waals surface area contributed by atoms with Crippen molar-refractivity contribution in [2.45, 2.75) is 26.3 Å². The van der Waals surface area contributed by atoms with Crippen LogP contribution < -0.4 is 9.64 Å². The number of benzene rings is 3. The van der Waals surface area contributed by atoms with E-state index >= 15 is 0 Å². The maximum absolute atomic E-state index is 13.2. The number of hydrogen-bond donors (Lipinski definition) is 1. The molecule has 0 bridgehead atoms. The van der Waals surface area contributed by atoms with E-state index in [1.807, 2.05) is 68.4 Å². The molecule has 1 aliphatic heterocycles. The molecular weight excluding hydrogens is 402 g/mol. The van der Waals surface area contributed by atoms with Crippen LogP contribution in [0.25, 0.3) is 5.76 Å². The molecule has 5 heteroatoms. The molecule has 0 aliphatic carbocycles. The molecule has 1 saturated heterocycles. The molecule has 1 amide bonds. The summed E-state index contributed by atoms with van der Waals surface area (Å²) in [7, 11) is 0. The van der Waals surface area contributed by atoms with E-state index in [1.165, 1.54) is 4.90 Å². The largest absolute Gasteiger partial charge is 0.507 e. The maximum atomic E-state index is 13.2. The van der Waals surface area contributed by atoms with Gasteiger partial charge < -0.3 is 9.84 Å². The number of ketones is 1. The minimum absolute atomic E-state index is 0.0668. The summed E-state index contributed by atoms with van der Waals surface area (Å²) < 4.78 is 5.68. The van der Waals surface area contributed by atoms with Crippen molar-refractivity contribution in [2.24, 2.45) is 0 Å². The van der Waals surface area contributed by atoms with Crippen LogP contribution in [0.2, 0.25) is 0 Å². The molecule has 5 nitrogen and oxygen atoms in total. The number of para-hydroxylation sites is 1. The van der Waals surface area contributed by atoms with E-state index in [0.717, 1.165) is 17.5 Å². The Kier molecular flexibility index (Phi) is 6.08. The molecule has 0 radical (unpaired) electrons.